The lowest BCUT2D eigenvalue weighted by molar-refractivity contribution is -0.306. The molecule has 0 fully saturated rings. The Bertz CT molecular complexity index is 681. The highest BCUT2D eigenvalue weighted by molar-refractivity contribution is 5.88. The maximum atomic E-state index is 12.6. The molecule has 0 aliphatic rings. The maximum Gasteiger partial charge on any atom is 0.411 e. The van der Waals surface area contributed by atoms with Crippen LogP contribution < -0.4 is 5.11 Å². The highest BCUT2D eigenvalue weighted by Gasteiger charge is 2.27. The average molecular weight is 377 g/mol. The van der Waals surface area contributed by atoms with Crippen LogP contribution in [0.25, 0.3) is 0 Å². The summed E-state index contributed by atoms with van der Waals surface area (Å²) in [7, 11) is 0. The van der Waals surface area contributed by atoms with Crippen LogP contribution in [0.5, 0.6) is 0 Å². The number of hydrogen-bond acceptors (Lipinski definition) is 6. The molecule has 0 atom stereocenters. The van der Waals surface area contributed by atoms with Crippen molar-refractivity contribution in [3.63, 3.8) is 0 Å². The number of ketones is 1. The second-order valence-electron chi connectivity index (χ2n) is 7.15. The zero-order valence-corrected chi connectivity index (χ0v) is 16.1. The Hall–Kier alpha value is -2.90. The molecule has 0 aromatic heterocycles. The number of benzene rings is 1. The minimum Gasteiger partial charge on any atom is -0.548 e. The predicted octanol–water partition coefficient (Wildman–Crippen LogP) is 0.591. The Balaban J connectivity index is 2.93. The number of rotatable bonds is 8. The van der Waals surface area contributed by atoms with Crippen LogP contribution in [0.4, 0.5) is 4.79 Å². The summed E-state index contributed by atoms with van der Waals surface area (Å²) in [4.78, 5) is 49.4. The van der Waals surface area contributed by atoms with E-state index in [9.17, 15) is 24.3 Å². The molecule has 0 saturated carbocycles. The van der Waals surface area contributed by atoms with Crippen molar-refractivity contribution in [2.75, 3.05) is 19.6 Å². The van der Waals surface area contributed by atoms with Gasteiger partial charge in [0.15, 0.2) is 0 Å². The molecule has 1 rings (SSSR count). The van der Waals surface area contributed by atoms with Gasteiger partial charge in [0.25, 0.3) is 0 Å². The van der Waals surface area contributed by atoms with E-state index in [0.29, 0.717) is 0 Å². The van der Waals surface area contributed by atoms with Gasteiger partial charge >= 0.3 is 6.09 Å². The van der Waals surface area contributed by atoms with Crippen molar-refractivity contribution in [3.8, 4) is 0 Å². The minimum atomic E-state index is -1.42. The summed E-state index contributed by atoms with van der Waals surface area (Å²) < 4.78 is 5.22. The van der Waals surface area contributed by atoms with Crippen LogP contribution in [0.15, 0.2) is 30.3 Å². The first kappa shape index (κ1) is 22.1. The quantitative estimate of drug-likeness (QED) is 0.656. The smallest absolute Gasteiger partial charge is 0.411 e. The molecular weight excluding hydrogens is 352 g/mol. The lowest BCUT2D eigenvalue weighted by atomic mass is 10.2. The van der Waals surface area contributed by atoms with Gasteiger partial charge in [-0.05, 0) is 33.3 Å². The summed E-state index contributed by atoms with van der Waals surface area (Å²) in [5.41, 5.74) is -0.0772. The topological polar surface area (TPSA) is 107 Å². The molecule has 0 spiro atoms. The highest BCUT2D eigenvalue weighted by Crippen LogP contribution is 2.11. The third kappa shape index (κ3) is 8.84. The first-order valence-corrected chi connectivity index (χ1v) is 8.47. The van der Waals surface area contributed by atoms with E-state index in [1.807, 2.05) is 0 Å². The Labute approximate surface area is 158 Å². The highest BCUT2D eigenvalue weighted by atomic mass is 16.6. The largest absolute Gasteiger partial charge is 0.548 e. The fourth-order valence-electron chi connectivity index (χ4n) is 2.24. The molecule has 0 unspecified atom stereocenters. The van der Waals surface area contributed by atoms with Crippen molar-refractivity contribution in [1.29, 1.82) is 0 Å². The van der Waals surface area contributed by atoms with E-state index in [-0.39, 0.29) is 18.9 Å². The van der Waals surface area contributed by atoms with Gasteiger partial charge in [-0.1, -0.05) is 30.3 Å². The zero-order valence-electron chi connectivity index (χ0n) is 16.1. The van der Waals surface area contributed by atoms with E-state index in [1.54, 1.807) is 51.1 Å². The third-order valence-corrected chi connectivity index (χ3v) is 3.28. The predicted molar refractivity (Wildman–Crippen MR) is 95.4 cm³/mol. The normalized spacial score (nSPS) is 10.8. The second kappa shape index (κ2) is 9.70. The molecule has 148 valence electrons. The second-order valence-corrected chi connectivity index (χ2v) is 7.15. The Morgan fingerprint density at radius 3 is 2.04 bits per heavy atom. The van der Waals surface area contributed by atoms with Crippen molar-refractivity contribution in [2.45, 2.75) is 39.8 Å². The van der Waals surface area contributed by atoms with Crippen molar-refractivity contribution < 1.29 is 29.0 Å². The van der Waals surface area contributed by atoms with Gasteiger partial charge in [0.05, 0.1) is 19.1 Å². The van der Waals surface area contributed by atoms with Crippen LogP contribution in [-0.2, 0) is 25.7 Å². The maximum absolute atomic E-state index is 12.6. The van der Waals surface area contributed by atoms with Crippen LogP contribution in [-0.4, -0.2) is 58.8 Å². The number of Topliss-reactive ketones (excluding diaryl/α,β-unsaturated/α-hetero) is 1. The summed E-state index contributed by atoms with van der Waals surface area (Å²) in [6.07, 6.45) is -0.820. The van der Waals surface area contributed by atoms with Gasteiger partial charge in [-0.15, -0.1) is 0 Å². The molecule has 0 aliphatic heterocycles. The molecule has 0 aliphatic carbocycles. The number of amides is 2. The molecule has 0 bridgehead atoms. The molecule has 8 heteroatoms. The number of carboxylic acids is 1. The summed E-state index contributed by atoms with van der Waals surface area (Å²) in [5, 5.41) is 11.0. The van der Waals surface area contributed by atoms with Crippen LogP contribution in [0.3, 0.4) is 0 Å². The number of ether oxygens (including phenoxy) is 1. The molecule has 1 aromatic rings. The molecular formula is C19H25N2O6-. The summed E-state index contributed by atoms with van der Waals surface area (Å²) in [6, 6.07) is 8.82. The first-order valence-electron chi connectivity index (χ1n) is 8.47. The lowest BCUT2D eigenvalue weighted by Gasteiger charge is -2.29. The van der Waals surface area contributed by atoms with Crippen LogP contribution in [0.2, 0.25) is 0 Å². The Morgan fingerprint density at radius 1 is 0.963 bits per heavy atom. The van der Waals surface area contributed by atoms with Crippen molar-refractivity contribution in [1.82, 2.24) is 9.80 Å². The van der Waals surface area contributed by atoms with E-state index in [1.165, 1.54) is 6.92 Å². The molecule has 2 amide bonds. The van der Waals surface area contributed by atoms with E-state index in [0.717, 1.165) is 15.4 Å². The van der Waals surface area contributed by atoms with E-state index in [2.05, 4.69) is 0 Å². The van der Waals surface area contributed by atoms with Crippen LogP contribution in [0.1, 0.15) is 33.3 Å². The van der Waals surface area contributed by atoms with Gasteiger partial charge in [-0.2, -0.15) is 0 Å². The van der Waals surface area contributed by atoms with E-state index >= 15 is 0 Å². The van der Waals surface area contributed by atoms with E-state index < -0.39 is 36.7 Å². The molecule has 0 radical (unpaired) electrons. The third-order valence-electron chi connectivity index (χ3n) is 3.28. The minimum absolute atomic E-state index is 0.0376. The molecule has 0 saturated heterocycles. The van der Waals surface area contributed by atoms with Gasteiger partial charge in [0.2, 0.25) is 5.91 Å². The molecule has 1 aromatic carbocycles. The van der Waals surface area contributed by atoms with Crippen molar-refractivity contribution in [2.24, 2.45) is 0 Å². The van der Waals surface area contributed by atoms with Crippen molar-refractivity contribution in [3.05, 3.63) is 35.9 Å². The molecule has 27 heavy (non-hydrogen) atoms. The van der Waals surface area contributed by atoms with Gasteiger partial charge in [-0.3, -0.25) is 14.5 Å². The number of hydrogen-bond donors (Lipinski definition) is 0. The Morgan fingerprint density at radius 2 is 1.56 bits per heavy atom. The van der Waals surface area contributed by atoms with Gasteiger partial charge < -0.3 is 19.5 Å². The van der Waals surface area contributed by atoms with Gasteiger partial charge in [-0.25, -0.2) is 4.79 Å². The lowest BCUT2D eigenvalue weighted by Crippen LogP contribution is -2.48. The summed E-state index contributed by atoms with van der Waals surface area (Å²) in [5.74, 6) is -2.38. The fourth-order valence-corrected chi connectivity index (χ4v) is 2.24. The standard InChI is InChI=1S/C19H26N2O6/c1-14(22)10-21(18(26)27-19(2,3)4)12-16(23)20(13-17(24)25)11-15-8-6-5-7-9-15/h5-9H,10-13H2,1-4H3,(H,24,25)/p-1. The number of aliphatic carboxylic acids is 1. The monoisotopic (exact) mass is 377 g/mol. The average Bonchev–Trinajstić information content (AvgIpc) is 2.52. The van der Waals surface area contributed by atoms with Gasteiger partial charge in [0.1, 0.15) is 17.9 Å². The van der Waals surface area contributed by atoms with E-state index in [4.69, 9.17) is 4.74 Å². The Kier molecular flexibility index (Phi) is 7.96. The van der Waals surface area contributed by atoms with Crippen LogP contribution >= 0.6 is 0 Å². The number of carbonyl (C=O) groups is 4. The number of carboxylic acid groups (broad SMARTS) is 1. The summed E-state index contributed by atoms with van der Waals surface area (Å²) >= 11 is 0. The first-order chi connectivity index (χ1) is 12.5. The molecule has 0 N–H and O–H groups in total. The summed E-state index contributed by atoms with van der Waals surface area (Å²) in [6.45, 7) is 4.89. The SMILES string of the molecule is CC(=O)CN(CC(=O)N(CC(=O)[O-])Cc1ccccc1)C(=O)OC(C)(C)C. The molecule has 8 nitrogen and oxygen atoms in total. The van der Waals surface area contributed by atoms with Crippen LogP contribution in [0, 0.1) is 0 Å². The number of nitrogens with zero attached hydrogens (tertiary/aromatic N) is 2. The number of carbonyl (C=O) groups excluding carboxylic acids is 4. The fraction of sp³-hybridized carbons (Fsp3) is 0.474. The molecule has 0 heterocycles. The van der Waals surface area contributed by atoms with Gasteiger partial charge in [0, 0.05) is 6.54 Å². The van der Waals surface area contributed by atoms with Crippen molar-refractivity contribution >= 4 is 23.8 Å². The zero-order chi connectivity index (χ0) is 20.6.